The van der Waals surface area contributed by atoms with Crippen molar-refractivity contribution in [1.29, 1.82) is 0 Å². The maximum atomic E-state index is 13.5. The van der Waals surface area contributed by atoms with Gasteiger partial charge in [0.2, 0.25) is 23.6 Å². The van der Waals surface area contributed by atoms with Crippen molar-refractivity contribution in [2.24, 2.45) is 7.05 Å². The predicted molar refractivity (Wildman–Crippen MR) is 237 cm³/mol. The van der Waals surface area contributed by atoms with Crippen LogP contribution in [0.25, 0.3) is 0 Å². The van der Waals surface area contributed by atoms with Crippen molar-refractivity contribution >= 4 is 56.8 Å². The minimum atomic E-state index is -0.699. The minimum absolute atomic E-state index is 0.0425. The second-order valence-electron chi connectivity index (χ2n) is 16.8. The summed E-state index contributed by atoms with van der Waals surface area (Å²) in [7, 11) is 3.72. The molecule has 0 aliphatic carbocycles. The molecule has 4 aliphatic rings. The first-order valence-electron chi connectivity index (χ1n) is 21.3. The number of likely N-dealkylation sites (N-methyl/N-ethyl adjacent to an activating group) is 1. The highest BCUT2D eigenvalue weighted by Gasteiger charge is 2.39. The van der Waals surface area contributed by atoms with Crippen LogP contribution in [0.15, 0.2) is 76.3 Å². The number of nitrogens with one attached hydrogen (secondary N) is 3. The molecule has 5 amide bonds. The zero-order chi connectivity index (χ0) is 44.2. The van der Waals surface area contributed by atoms with Crippen LogP contribution in [-0.2, 0) is 34.4 Å². The number of carbonyl (C=O) groups is 5. The number of hydrogen-bond acceptors (Lipinski definition) is 12. The Morgan fingerprint density at radius 2 is 1.75 bits per heavy atom. The van der Waals surface area contributed by atoms with Crippen LogP contribution in [0.1, 0.15) is 69.0 Å². The van der Waals surface area contributed by atoms with E-state index in [-0.39, 0.29) is 67.0 Å². The molecule has 0 radical (unpaired) electrons. The molecule has 3 fully saturated rings. The van der Waals surface area contributed by atoms with Crippen LogP contribution in [0.2, 0.25) is 0 Å². The van der Waals surface area contributed by atoms with Gasteiger partial charge in [-0.05, 0) is 95.2 Å². The van der Waals surface area contributed by atoms with Gasteiger partial charge in [0.15, 0.2) is 0 Å². The SMILES string of the molecule is CN1C[C@H](Nc2cnn(C)c(=O)c2Br)C[C@H](c2ccc(C(=O)N3CCN(CCCOc4ccc(CC(=O)Nc5ccc6c(c5)CN(C5CCC(=O)NC5=O)C6=O)cn4)CC3)cc2)C1. The summed E-state index contributed by atoms with van der Waals surface area (Å²) in [5, 5.41) is 12.8. The number of ether oxygens (including phenoxy) is 1. The van der Waals surface area contributed by atoms with Gasteiger partial charge >= 0.3 is 0 Å². The zero-order valence-electron chi connectivity index (χ0n) is 35.3. The van der Waals surface area contributed by atoms with E-state index in [1.165, 1.54) is 15.1 Å². The molecule has 2 aromatic carbocycles. The van der Waals surface area contributed by atoms with Crippen molar-refractivity contribution in [2.75, 3.05) is 70.1 Å². The number of nitrogens with zero attached hydrogens (tertiary/aromatic N) is 7. The maximum absolute atomic E-state index is 13.5. The van der Waals surface area contributed by atoms with E-state index in [1.54, 1.807) is 43.7 Å². The minimum Gasteiger partial charge on any atom is -0.478 e. The maximum Gasteiger partial charge on any atom is 0.282 e. The summed E-state index contributed by atoms with van der Waals surface area (Å²) in [6.45, 7) is 6.16. The van der Waals surface area contributed by atoms with Crippen LogP contribution in [0.3, 0.4) is 0 Å². The molecule has 2 aromatic heterocycles. The number of fused-ring (bicyclic) bond motifs is 1. The largest absolute Gasteiger partial charge is 0.478 e. The molecule has 18 heteroatoms. The summed E-state index contributed by atoms with van der Waals surface area (Å²) in [5.74, 6) is -0.519. The molecule has 63 heavy (non-hydrogen) atoms. The van der Waals surface area contributed by atoms with E-state index in [9.17, 15) is 28.8 Å². The van der Waals surface area contributed by atoms with Crippen LogP contribution < -0.4 is 26.2 Å². The summed E-state index contributed by atoms with van der Waals surface area (Å²) in [4.78, 5) is 88.0. The fourth-order valence-electron chi connectivity index (χ4n) is 8.86. The Morgan fingerprint density at radius 1 is 0.952 bits per heavy atom. The number of likely N-dealkylation sites (tertiary alicyclic amines) is 1. The van der Waals surface area contributed by atoms with E-state index in [4.69, 9.17) is 4.74 Å². The van der Waals surface area contributed by atoms with Gasteiger partial charge in [-0.1, -0.05) is 18.2 Å². The predicted octanol–water partition coefficient (Wildman–Crippen LogP) is 3.01. The first kappa shape index (κ1) is 43.7. The van der Waals surface area contributed by atoms with Gasteiger partial charge in [0.05, 0.1) is 24.9 Å². The number of amides is 5. The molecule has 8 rings (SSSR count). The van der Waals surface area contributed by atoms with Gasteiger partial charge in [0, 0.05) is 101 Å². The van der Waals surface area contributed by atoms with E-state index in [0.717, 1.165) is 45.6 Å². The topological polar surface area (TPSA) is 191 Å². The molecule has 330 valence electrons. The third-order valence-corrected chi connectivity index (χ3v) is 13.0. The lowest BCUT2D eigenvalue weighted by atomic mass is 9.87. The molecule has 0 spiro atoms. The molecule has 0 bridgehead atoms. The summed E-state index contributed by atoms with van der Waals surface area (Å²) in [6.07, 6.45) is 5.54. The Balaban J connectivity index is 0.728. The Hall–Kier alpha value is -5.98. The molecule has 3 atom stereocenters. The number of aryl methyl sites for hydroxylation is 1. The number of anilines is 2. The molecular weight excluding hydrogens is 872 g/mol. The van der Waals surface area contributed by atoms with E-state index in [2.05, 4.69) is 70.9 Å². The second-order valence-corrected chi connectivity index (χ2v) is 17.5. The average molecular weight is 924 g/mol. The summed E-state index contributed by atoms with van der Waals surface area (Å²) < 4.78 is 7.67. The van der Waals surface area contributed by atoms with Gasteiger partial charge in [-0.25, -0.2) is 9.67 Å². The number of piperidine rings is 2. The van der Waals surface area contributed by atoms with Gasteiger partial charge in [-0.3, -0.25) is 39.0 Å². The van der Waals surface area contributed by atoms with E-state index < -0.39 is 11.9 Å². The first-order chi connectivity index (χ1) is 30.4. The lowest BCUT2D eigenvalue weighted by Gasteiger charge is -2.37. The van der Waals surface area contributed by atoms with Crippen molar-refractivity contribution in [3.8, 4) is 5.88 Å². The van der Waals surface area contributed by atoms with Crippen molar-refractivity contribution in [2.45, 2.75) is 56.7 Å². The Labute approximate surface area is 373 Å². The number of imide groups is 1. The lowest BCUT2D eigenvalue weighted by Crippen LogP contribution is -2.52. The average Bonchev–Trinajstić information content (AvgIpc) is 3.60. The molecule has 0 saturated carbocycles. The molecule has 17 nitrogen and oxygen atoms in total. The van der Waals surface area contributed by atoms with Crippen LogP contribution in [0.5, 0.6) is 5.88 Å². The number of rotatable bonds is 13. The highest BCUT2D eigenvalue weighted by molar-refractivity contribution is 9.10. The second kappa shape index (κ2) is 19.2. The van der Waals surface area contributed by atoms with Gasteiger partial charge in [0.1, 0.15) is 10.5 Å². The highest BCUT2D eigenvalue weighted by atomic mass is 79.9. The quantitative estimate of drug-likeness (QED) is 0.132. The van der Waals surface area contributed by atoms with Crippen molar-refractivity contribution in [1.82, 2.24) is 39.7 Å². The molecular formula is C45H51BrN10O7. The third-order valence-electron chi connectivity index (χ3n) is 12.2. The number of pyridine rings is 1. The third kappa shape index (κ3) is 10.3. The lowest BCUT2D eigenvalue weighted by molar-refractivity contribution is -0.137. The molecule has 1 unspecified atom stereocenters. The van der Waals surface area contributed by atoms with Gasteiger partial charge in [-0.2, -0.15) is 5.10 Å². The molecule has 4 aromatic rings. The number of carbonyl (C=O) groups excluding carboxylic acids is 5. The van der Waals surface area contributed by atoms with Gasteiger partial charge in [-0.15, -0.1) is 0 Å². The Kier molecular flexibility index (Phi) is 13.3. The summed E-state index contributed by atoms with van der Waals surface area (Å²) in [5.41, 5.74) is 4.82. The first-order valence-corrected chi connectivity index (χ1v) is 22.1. The number of halogens is 1. The fraction of sp³-hybridized carbons (Fsp3) is 0.422. The molecule has 3 saturated heterocycles. The van der Waals surface area contributed by atoms with Crippen LogP contribution >= 0.6 is 15.9 Å². The van der Waals surface area contributed by atoms with E-state index in [0.29, 0.717) is 63.7 Å². The van der Waals surface area contributed by atoms with Gasteiger partial charge < -0.3 is 30.1 Å². The van der Waals surface area contributed by atoms with Crippen LogP contribution in [0.4, 0.5) is 11.4 Å². The van der Waals surface area contributed by atoms with E-state index in [1.807, 2.05) is 23.1 Å². The molecule has 6 heterocycles. The fourth-order valence-corrected chi connectivity index (χ4v) is 9.33. The van der Waals surface area contributed by atoms with Crippen molar-refractivity contribution in [3.05, 3.63) is 110 Å². The normalized spacial score (nSPS) is 20.6. The number of hydrogen-bond donors (Lipinski definition) is 3. The van der Waals surface area contributed by atoms with Crippen molar-refractivity contribution < 1.29 is 28.7 Å². The highest BCUT2D eigenvalue weighted by Crippen LogP contribution is 2.31. The van der Waals surface area contributed by atoms with Crippen molar-refractivity contribution in [3.63, 3.8) is 0 Å². The Morgan fingerprint density at radius 3 is 2.49 bits per heavy atom. The smallest absolute Gasteiger partial charge is 0.282 e. The zero-order valence-corrected chi connectivity index (χ0v) is 36.9. The van der Waals surface area contributed by atoms with Crippen LogP contribution in [-0.4, -0.2) is 135 Å². The standard InChI is InChI=1S/C45H51BrN10O7/c1-52-25-31(21-34(27-52)49-36-24-48-53(2)45(62)41(36)46)29-5-7-30(8-6-29)43(60)55-17-15-54(16-18-55)14-3-19-63-40-13-4-28(23-47-40)20-39(58)50-33-9-10-35-32(22-33)26-56(44(35)61)37-11-12-38(57)51-42(37)59/h4-10,13,22-24,31,34,37,49H,3,11-12,14-21,25-27H2,1-2H3,(H,50,58)(H,51,57,59)/t31-,34+,37?/m0/s1. The van der Waals surface area contributed by atoms with Gasteiger partial charge in [0.25, 0.3) is 17.4 Å². The summed E-state index contributed by atoms with van der Waals surface area (Å²) in [6, 6.07) is 16.1. The van der Waals surface area contributed by atoms with Crippen LogP contribution in [0, 0.1) is 0 Å². The van der Waals surface area contributed by atoms with E-state index >= 15 is 0 Å². The molecule has 3 N–H and O–H groups in total. The Bertz CT molecular complexity index is 2440. The number of benzene rings is 2. The number of piperazine rings is 1. The summed E-state index contributed by atoms with van der Waals surface area (Å²) >= 11 is 3.42. The number of aromatic nitrogens is 3. The molecule has 4 aliphatic heterocycles. The monoisotopic (exact) mass is 922 g/mol.